The summed E-state index contributed by atoms with van der Waals surface area (Å²) in [5.41, 5.74) is 4.97. The zero-order chi connectivity index (χ0) is 18.0. The van der Waals surface area contributed by atoms with Gasteiger partial charge in [-0.1, -0.05) is 12.1 Å². The lowest BCUT2D eigenvalue weighted by atomic mass is 10.1. The largest absolute Gasteiger partial charge is 0.396 e. The predicted octanol–water partition coefficient (Wildman–Crippen LogP) is 2.63. The van der Waals surface area contributed by atoms with E-state index in [9.17, 15) is 9.90 Å². The van der Waals surface area contributed by atoms with Crippen molar-refractivity contribution in [1.29, 1.82) is 0 Å². The Morgan fingerprint density at radius 3 is 2.80 bits per heavy atom. The Kier molecular flexibility index (Phi) is 5.25. The number of carbonyl (C=O) groups is 1. The maximum atomic E-state index is 13.1. The van der Waals surface area contributed by atoms with Crippen molar-refractivity contribution in [1.82, 2.24) is 9.47 Å². The number of rotatable bonds is 4. The number of aliphatic hydroxyl groups excluding tert-OH is 1. The minimum atomic E-state index is -0.0618. The van der Waals surface area contributed by atoms with Gasteiger partial charge >= 0.3 is 0 Å². The molecule has 1 fully saturated rings. The first-order valence-electron chi connectivity index (χ1n) is 8.78. The van der Waals surface area contributed by atoms with E-state index in [2.05, 4.69) is 29.7 Å². The highest BCUT2D eigenvalue weighted by Crippen LogP contribution is 2.24. The van der Waals surface area contributed by atoms with Crippen LogP contribution in [0.1, 0.15) is 33.7 Å². The molecule has 1 atom stereocenters. The van der Waals surface area contributed by atoms with Crippen molar-refractivity contribution in [2.45, 2.75) is 33.2 Å². The lowest BCUT2D eigenvalue weighted by Gasteiger charge is -2.35. The van der Waals surface area contributed by atoms with Crippen LogP contribution in [0, 0.1) is 20.8 Å². The first-order valence-corrected chi connectivity index (χ1v) is 8.78. The number of aliphatic hydroxyl groups is 1. The van der Waals surface area contributed by atoms with Gasteiger partial charge in [0.15, 0.2) is 0 Å². The highest BCUT2D eigenvalue weighted by atomic mass is 16.5. The molecule has 134 valence electrons. The van der Waals surface area contributed by atoms with Crippen LogP contribution in [0.25, 0.3) is 5.69 Å². The maximum Gasteiger partial charge on any atom is 0.256 e. The normalized spacial score (nSPS) is 17.8. The smallest absolute Gasteiger partial charge is 0.256 e. The third kappa shape index (κ3) is 3.48. The SMILES string of the molecule is Cc1cccc(-n2c(C)cc(C(=O)N3CCOCC3CCO)c2C)c1. The molecule has 1 saturated heterocycles. The lowest BCUT2D eigenvalue weighted by Crippen LogP contribution is -2.49. The molecule has 1 amide bonds. The molecular weight excluding hydrogens is 316 g/mol. The second kappa shape index (κ2) is 7.42. The van der Waals surface area contributed by atoms with Crippen molar-refractivity contribution in [2.75, 3.05) is 26.4 Å². The number of carbonyl (C=O) groups excluding carboxylic acids is 1. The molecule has 25 heavy (non-hydrogen) atoms. The number of benzene rings is 1. The zero-order valence-corrected chi connectivity index (χ0v) is 15.2. The summed E-state index contributed by atoms with van der Waals surface area (Å²) in [6.45, 7) is 7.74. The molecule has 0 radical (unpaired) electrons. The fourth-order valence-corrected chi connectivity index (χ4v) is 3.61. The van der Waals surface area contributed by atoms with Gasteiger partial charge in [-0.3, -0.25) is 4.79 Å². The molecule has 1 aromatic heterocycles. The second-order valence-electron chi connectivity index (χ2n) is 6.70. The molecule has 1 unspecified atom stereocenters. The van der Waals surface area contributed by atoms with Crippen LogP contribution < -0.4 is 0 Å². The average molecular weight is 342 g/mol. The van der Waals surface area contributed by atoms with E-state index in [1.165, 1.54) is 5.56 Å². The van der Waals surface area contributed by atoms with Crippen molar-refractivity contribution in [2.24, 2.45) is 0 Å². The van der Waals surface area contributed by atoms with E-state index in [0.29, 0.717) is 26.2 Å². The van der Waals surface area contributed by atoms with E-state index >= 15 is 0 Å². The number of amides is 1. The summed E-state index contributed by atoms with van der Waals surface area (Å²) in [6.07, 6.45) is 0.544. The predicted molar refractivity (Wildman–Crippen MR) is 97.3 cm³/mol. The zero-order valence-electron chi connectivity index (χ0n) is 15.2. The van der Waals surface area contributed by atoms with Crippen molar-refractivity contribution >= 4 is 5.91 Å². The van der Waals surface area contributed by atoms with Gasteiger partial charge in [0.2, 0.25) is 0 Å². The van der Waals surface area contributed by atoms with Crippen molar-refractivity contribution in [3.8, 4) is 5.69 Å². The summed E-state index contributed by atoms with van der Waals surface area (Å²) in [4.78, 5) is 15.0. The van der Waals surface area contributed by atoms with E-state index in [1.807, 2.05) is 30.9 Å². The number of hydrogen-bond donors (Lipinski definition) is 1. The van der Waals surface area contributed by atoms with Gasteiger partial charge in [0.25, 0.3) is 5.91 Å². The highest BCUT2D eigenvalue weighted by molar-refractivity contribution is 5.96. The van der Waals surface area contributed by atoms with Gasteiger partial charge in [0, 0.05) is 30.2 Å². The van der Waals surface area contributed by atoms with Crippen LogP contribution >= 0.6 is 0 Å². The van der Waals surface area contributed by atoms with Crippen LogP contribution in [-0.2, 0) is 4.74 Å². The number of ether oxygens (including phenoxy) is 1. The summed E-state index contributed by atoms with van der Waals surface area (Å²) in [5, 5.41) is 9.27. The first-order chi connectivity index (χ1) is 12.0. The Labute approximate surface area is 148 Å². The van der Waals surface area contributed by atoms with Crippen molar-refractivity contribution < 1.29 is 14.6 Å². The number of morpholine rings is 1. The van der Waals surface area contributed by atoms with E-state index in [0.717, 1.165) is 22.6 Å². The molecule has 1 aliphatic rings. The summed E-state index contributed by atoms with van der Waals surface area (Å²) in [5.74, 6) is 0.0220. The molecule has 2 heterocycles. The van der Waals surface area contributed by atoms with E-state index in [-0.39, 0.29) is 18.6 Å². The standard InChI is InChI=1S/C20H26N2O3/c1-14-5-4-6-17(11-14)22-15(2)12-19(16(22)3)20(24)21-8-10-25-13-18(21)7-9-23/h4-6,11-12,18,23H,7-10,13H2,1-3H3. The van der Waals surface area contributed by atoms with Crippen molar-refractivity contribution in [3.63, 3.8) is 0 Å². The molecule has 0 bridgehead atoms. The molecule has 1 N–H and O–H groups in total. The van der Waals surface area contributed by atoms with Crippen LogP contribution in [-0.4, -0.2) is 52.9 Å². The van der Waals surface area contributed by atoms with Gasteiger partial charge in [-0.05, 0) is 51.0 Å². The first kappa shape index (κ1) is 17.7. The summed E-state index contributed by atoms with van der Waals surface area (Å²) < 4.78 is 7.61. The van der Waals surface area contributed by atoms with Crippen LogP contribution in [0.15, 0.2) is 30.3 Å². The van der Waals surface area contributed by atoms with Crippen LogP contribution in [0.3, 0.4) is 0 Å². The number of aromatic nitrogens is 1. The fourth-order valence-electron chi connectivity index (χ4n) is 3.61. The fraction of sp³-hybridized carbons (Fsp3) is 0.450. The second-order valence-corrected chi connectivity index (χ2v) is 6.70. The molecule has 3 rings (SSSR count). The Hall–Kier alpha value is -2.11. The number of aryl methyl sites for hydroxylation is 2. The van der Waals surface area contributed by atoms with E-state index in [1.54, 1.807) is 0 Å². The Morgan fingerprint density at radius 1 is 1.28 bits per heavy atom. The quantitative estimate of drug-likeness (QED) is 0.929. The van der Waals surface area contributed by atoms with E-state index in [4.69, 9.17) is 4.74 Å². The molecule has 5 heteroatoms. The molecule has 0 aliphatic carbocycles. The molecule has 0 saturated carbocycles. The molecular formula is C20H26N2O3. The van der Waals surface area contributed by atoms with Gasteiger partial charge in [0.1, 0.15) is 0 Å². The van der Waals surface area contributed by atoms with Gasteiger partial charge in [-0.25, -0.2) is 0 Å². The Morgan fingerprint density at radius 2 is 2.08 bits per heavy atom. The average Bonchev–Trinajstić information content (AvgIpc) is 2.89. The monoisotopic (exact) mass is 342 g/mol. The van der Waals surface area contributed by atoms with Gasteiger partial charge in [0.05, 0.1) is 24.8 Å². The Balaban J connectivity index is 1.95. The van der Waals surface area contributed by atoms with Crippen LogP contribution in [0.2, 0.25) is 0 Å². The minimum absolute atomic E-state index is 0.0220. The van der Waals surface area contributed by atoms with Gasteiger partial charge < -0.3 is 19.3 Å². The minimum Gasteiger partial charge on any atom is -0.396 e. The third-order valence-electron chi connectivity index (χ3n) is 4.87. The third-order valence-corrected chi connectivity index (χ3v) is 4.87. The van der Waals surface area contributed by atoms with Crippen LogP contribution in [0.4, 0.5) is 0 Å². The summed E-state index contributed by atoms with van der Waals surface area (Å²) in [7, 11) is 0. The molecule has 2 aromatic rings. The van der Waals surface area contributed by atoms with Crippen molar-refractivity contribution in [3.05, 3.63) is 52.8 Å². The molecule has 5 nitrogen and oxygen atoms in total. The van der Waals surface area contributed by atoms with E-state index < -0.39 is 0 Å². The van der Waals surface area contributed by atoms with Crippen LogP contribution in [0.5, 0.6) is 0 Å². The topological polar surface area (TPSA) is 54.7 Å². The molecule has 1 aliphatic heterocycles. The molecule has 1 aromatic carbocycles. The number of nitrogens with zero attached hydrogens (tertiary/aromatic N) is 2. The highest BCUT2D eigenvalue weighted by Gasteiger charge is 2.29. The number of hydrogen-bond acceptors (Lipinski definition) is 3. The Bertz CT molecular complexity index is 764. The van der Waals surface area contributed by atoms with Gasteiger partial charge in [-0.15, -0.1) is 0 Å². The summed E-state index contributed by atoms with van der Waals surface area (Å²) in [6, 6.07) is 10.2. The molecule has 0 spiro atoms. The lowest BCUT2D eigenvalue weighted by molar-refractivity contribution is -0.00833. The summed E-state index contributed by atoms with van der Waals surface area (Å²) >= 11 is 0. The van der Waals surface area contributed by atoms with Gasteiger partial charge in [-0.2, -0.15) is 0 Å². The maximum absolute atomic E-state index is 13.1.